The van der Waals surface area contributed by atoms with E-state index in [1.807, 2.05) is 36.2 Å². The van der Waals surface area contributed by atoms with Gasteiger partial charge >= 0.3 is 0 Å². The number of piperidine rings is 1. The van der Waals surface area contributed by atoms with Crippen LogP contribution in [0, 0.1) is 11.8 Å². The first-order chi connectivity index (χ1) is 18.8. The van der Waals surface area contributed by atoms with Crippen LogP contribution in [-0.4, -0.2) is 66.4 Å². The fourth-order valence-corrected chi connectivity index (χ4v) is 7.49. The molecule has 3 aliphatic rings. The Hall–Kier alpha value is -3.43. The summed E-state index contributed by atoms with van der Waals surface area (Å²) in [6.45, 7) is 6.17. The number of ether oxygens (including phenoxy) is 1. The van der Waals surface area contributed by atoms with Crippen molar-refractivity contribution in [2.24, 2.45) is 17.6 Å². The van der Waals surface area contributed by atoms with Gasteiger partial charge in [0.25, 0.3) is 5.91 Å². The molecule has 2 bridgehead atoms. The summed E-state index contributed by atoms with van der Waals surface area (Å²) in [4.78, 5) is 25.5. The molecule has 9 heteroatoms. The topological polar surface area (TPSA) is 111 Å². The van der Waals surface area contributed by atoms with Crippen molar-refractivity contribution in [3.8, 4) is 17.3 Å². The van der Waals surface area contributed by atoms with Gasteiger partial charge in [-0.25, -0.2) is 9.97 Å². The second-order valence-corrected chi connectivity index (χ2v) is 12.0. The SMILES string of the molecule is CCn1c(-c2nc3cc(C(=O)N4C[C@H]5CC[C@@H]4C5N)cc(OC)c3n2CC2CC(C)(O)C2)cc2cccnc21. The highest BCUT2D eigenvalue weighted by atomic mass is 16.5. The molecule has 39 heavy (non-hydrogen) atoms. The monoisotopic (exact) mass is 528 g/mol. The Bertz CT molecular complexity index is 1600. The average molecular weight is 529 g/mol. The molecule has 3 fully saturated rings. The van der Waals surface area contributed by atoms with Gasteiger partial charge in [0.2, 0.25) is 0 Å². The second kappa shape index (κ2) is 8.79. The lowest BCUT2D eigenvalue weighted by atomic mass is 9.72. The molecule has 4 aromatic rings. The summed E-state index contributed by atoms with van der Waals surface area (Å²) in [5.74, 6) is 2.16. The second-order valence-electron chi connectivity index (χ2n) is 12.0. The molecule has 1 saturated heterocycles. The predicted octanol–water partition coefficient (Wildman–Crippen LogP) is 3.80. The minimum absolute atomic E-state index is 0.00383. The largest absolute Gasteiger partial charge is 0.494 e. The van der Waals surface area contributed by atoms with Crippen LogP contribution in [0.2, 0.25) is 0 Å². The van der Waals surface area contributed by atoms with E-state index in [0.29, 0.717) is 29.7 Å². The number of aromatic nitrogens is 4. The Morgan fingerprint density at radius 3 is 2.72 bits per heavy atom. The molecular formula is C30H36N6O3. The van der Waals surface area contributed by atoms with Crippen LogP contribution in [0.3, 0.4) is 0 Å². The number of rotatable bonds is 6. The zero-order valence-corrected chi connectivity index (χ0v) is 22.8. The molecule has 2 aliphatic carbocycles. The average Bonchev–Trinajstić information content (AvgIpc) is 3.66. The normalized spacial score (nSPS) is 28.0. The van der Waals surface area contributed by atoms with E-state index < -0.39 is 5.60 Å². The number of nitrogens with two attached hydrogens (primary N) is 1. The van der Waals surface area contributed by atoms with Crippen LogP contribution >= 0.6 is 0 Å². The zero-order chi connectivity index (χ0) is 27.1. The fraction of sp³-hybridized carbons (Fsp3) is 0.500. The van der Waals surface area contributed by atoms with Crippen LogP contribution in [0.25, 0.3) is 33.6 Å². The summed E-state index contributed by atoms with van der Waals surface area (Å²) >= 11 is 0. The first kappa shape index (κ1) is 24.6. The van der Waals surface area contributed by atoms with Gasteiger partial charge < -0.3 is 29.6 Å². The quantitative estimate of drug-likeness (QED) is 0.394. The minimum atomic E-state index is -0.622. The molecule has 1 amide bonds. The van der Waals surface area contributed by atoms with Crippen molar-refractivity contribution >= 4 is 28.0 Å². The Balaban J connectivity index is 1.38. The first-order valence-corrected chi connectivity index (χ1v) is 14.1. The van der Waals surface area contributed by atoms with E-state index >= 15 is 0 Å². The first-order valence-electron chi connectivity index (χ1n) is 14.1. The van der Waals surface area contributed by atoms with Gasteiger partial charge in [-0.1, -0.05) is 0 Å². The number of pyridine rings is 1. The van der Waals surface area contributed by atoms with E-state index in [1.165, 1.54) is 0 Å². The number of fused-ring (bicyclic) bond motifs is 4. The molecule has 9 nitrogen and oxygen atoms in total. The van der Waals surface area contributed by atoms with E-state index in [2.05, 4.69) is 33.2 Å². The van der Waals surface area contributed by atoms with Crippen molar-refractivity contribution in [2.75, 3.05) is 13.7 Å². The summed E-state index contributed by atoms with van der Waals surface area (Å²) in [6, 6.07) is 10.1. The maximum absolute atomic E-state index is 13.7. The number of hydrogen-bond acceptors (Lipinski definition) is 6. The lowest BCUT2D eigenvalue weighted by Crippen LogP contribution is -2.42. The predicted molar refractivity (Wildman–Crippen MR) is 150 cm³/mol. The van der Waals surface area contributed by atoms with Crippen LogP contribution in [-0.2, 0) is 13.1 Å². The van der Waals surface area contributed by atoms with E-state index in [-0.39, 0.29) is 18.0 Å². The molecule has 1 unspecified atom stereocenters. The third kappa shape index (κ3) is 3.77. The summed E-state index contributed by atoms with van der Waals surface area (Å²) in [5.41, 5.74) is 9.87. The highest BCUT2D eigenvalue weighted by molar-refractivity contribution is 6.00. The summed E-state index contributed by atoms with van der Waals surface area (Å²) in [6.07, 6.45) is 5.36. The number of methoxy groups -OCH3 is 1. The smallest absolute Gasteiger partial charge is 0.254 e. The molecule has 3 aromatic heterocycles. The number of hydrogen-bond donors (Lipinski definition) is 2. The van der Waals surface area contributed by atoms with E-state index in [1.54, 1.807) is 7.11 Å². The van der Waals surface area contributed by atoms with Crippen molar-refractivity contribution in [2.45, 2.75) is 70.3 Å². The lowest BCUT2D eigenvalue weighted by molar-refractivity contribution is -0.0613. The van der Waals surface area contributed by atoms with Gasteiger partial charge in [-0.05, 0) is 81.7 Å². The highest BCUT2D eigenvalue weighted by Gasteiger charge is 2.47. The fourth-order valence-electron chi connectivity index (χ4n) is 7.49. The number of carbonyl (C=O) groups excluding carboxylic acids is 1. The molecule has 3 N–H and O–H groups in total. The summed E-state index contributed by atoms with van der Waals surface area (Å²) in [7, 11) is 1.65. The number of aryl methyl sites for hydroxylation is 1. The number of amides is 1. The van der Waals surface area contributed by atoms with Gasteiger partial charge in [0.1, 0.15) is 16.9 Å². The molecule has 0 spiro atoms. The molecule has 2 saturated carbocycles. The van der Waals surface area contributed by atoms with Crippen LogP contribution in [0.1, 0.15) is 49.9 Å². The Morgan fingerprint density at radius 2 is 2.05 bits per heavy atom. The number of nitrogens with zero attached hydrogens (tertiary/aromatic N) is 5. The van der Waals surface area contributed by atoms with Gasteiger partial charge in [0.05, 0.1) is 23.9 Å². The van der Waals surface area contributed by atoms with Gasteiger partial charge in [-0.3, -0.25) is 4.79 Å². The van der Waals surface area contributed by atoms with Crippen molar-refractivity contribution in [3.05, 3.63) is 42.1 Å². The number of benzene rings is 1. The minimum Gasteiger partial charge on any atom is -0.494 e. The number of carbonyl (C=O) groups is 1. The molecular weight excluding hydrogens is 492 g/mol. The molecule has 0 radical (unpaired) electrons. The van der Waals surface area contributed by atoms with Crippen molar-refractivity contribution in [3.63, 3.8) is 0 Å². The Morgan fingerprint density at radius 1 is 1.23 bits per heavy atom. The van der Waals surface area contributed by atoms with Crippen molar-refractivity contribution < 1.29 is 14.6 Å². The van der Waals surface area contributed by atoms with Gasteiger partial charge in [-0.2, -0.15) is 0 Å². The number of aliphatic hydroxyl groups is 1. The van der Waals surface area contributed by atoms with Gasteiger partial charge in [-0.15, -0.1) is 0 Å². The lowest BCUT2D eigenvalue weighted by Gasteiger charge is -2.41. The summed E-state index contributed by atoms with van der Waals surface area (Å²) in [5, 5.41) is 11.5. The Kier molecular flexibility index (Phi) is 5.55. The van der Waals surface area contributed by atoms with Crippen LogP contribution in [0.5, 0.6) is 5.75 Å². The van der Waals surface area contributed by atoms with Crippen LogP contribution < -0.4 is 10.5 Å². The maximum atomic E-state index is 13.7. The third-order valence-electron chi connectivity index (χ3n) is 9.29. The third-order valence-corrected chi connectivity index (χ3v) is 9.29. The molecule has 7 rings (SSSR count). The number of likely N-dealkylation sites (tertiary alicyclic amines) is 1. The zero-order valence-electron chi connectivity index (χ0n) is 22.8. The molecule has 4 heterocycles. The van der Waals surface area contributed by atoms with Crippen LogP contribution in [0.4, 0.5) is 0 Å². The highest BCUT2D eigenvalue weighted by Crippen LogP contribution is 2.42. The molecule has 204 valence electrons. The molecule has 1 aromatic carbocycles. The molecule has 1 aliphatic heterocycles. The van der Waals surface area contributed by atoms with E-state index in [4.69, 9.17) is 15.5 Å². The standard InChI is InChI=1S/C30H36N6O3/c1-4-34-23(11-18-6-5-9-32-27(18)34)28-33-21-10-20(29(37)35-16-19-7-8-22(35)25(19)31)12-24(39-3)26(21)36(28)15-17-13-30(2,38)14-17/h5-6,9-12,17,19,22,25,38H,4,7-8,13-16,31H2,1-3H3/t17?,19-,22-,25?,30?/m1/s1. The van der Waals surface area contributed by atoms with E-state index in [0.717, 1.165) is 72.4 Å². The summed E-state index contributed by atoms with van der Waals surface area (Å²) < 4.78 is 10.3. The van der Waals surface area contributed by atoms with Crippen molar-refractivity contribution in [1.82, 2.24) is 24.0 Å². The van der Waals surface area contributed by atoms with Gasteiger partial charge in [0.15, 0.2) is 5.82 Å². The van der Waals surface area contributed by atoms with E-state index in [9.17, 15) is 9.90 Å². The Labute approximate surface area is 227 Å². The van der Waals surface area contributed by atoms with Crippen LogP contribution in [0.15, 0.2) is 36.5 Å². The maximum Gasteiger partial charge on any atom is 0.254 e. The van der Waals surface area contributed by atoms with Crippen molar-refractivity contribution in [1.29, 1.82) is 0 Å². The molecule has 3 atom stereocenters. The number of imidazole rings is 1. The van der Waals surface area contributed by atoms with Gasteiger partial charge in [0, 0.05) is 48.9 Å².